The molecular formula is C17H16O5. The number of aliphatic hydroxyl groups is 1. The molecule has 3 rings (SSSR count). The molecule has 0 saturated carbocycles. The first-order valence-corrected chi connectivity index (χ1v) is 6.87. The topological polar surface area (TPSA) is 76.0 Å². The van der Waals surface area contributed by atoms with Gasteiger partial charge in [-0.1, -0.05) is 30.3 Å². The van der Waals surface area contributed by atoms with Crippen LogP contribution in [-0.4, -0.2) is 23.1 Å². The van der Waals surface area contributed by atoms with E-state index in [9.17, 15) is 15.0 Å². The molecule has 0 radical (unpaired) electrons. The van der Waals surface area contributed by atoms with Crippen molar-refractivity contribution in [1.29, 1.82) is 0 Å². The van der Waals surface area contributed by atoms with Crippen LogP contribution in [0.2, 0.25) is 0 Å². The molecule has 2 aromatic rings. The Balaban J connectivity index is 2.14. The van der Waals surface area contributed by atoms with E-state index >= 15 is 0 Å². The molecule has 1 aliphatic heterocycles. The van der Waals surface area contributed by atoms with Crippen LogP contribution in [0.1, 0.15) is 27.9 Å². The minimum atomic E-state index is -1.75. The molecule has 1 heterocycles. The monoisotopic (exact) mass is 300 g/mol. The third-order valence-corrected chi connectivity index (χ3v) is 3.87. The zero-order valence-electron chi connectivity index (χ0n) is 12.3. The molecule has 1 aliphatic rings. The van der Waals surface area contributed by atoms with Crippen molar-refractivity contribution in [3.8, 4) is 17.2 Å². The fraction of sp³-hybridized carbons (Fsp3) is 0.235. The summed E-state index contributed by atoms with van der Waals surface area (Å²) in [6.07, 6.45) is -0.261. The molecule has 2 aromatic carbocycles. The Morgan fingerprint density at radius 3 is 2.59 bits per heavy atom. The zero-order valence-corrected chi connectivity index (χ0v) is 12.3. The smallest absolute Gasteiger partial charge is 0.242 e. The number of fused-ring (bicyclic) bond motifs is 1. The molecule has 0 amide bonds. The second-order valence-electron chi connectivity index (χ2n) is 5.28. The van der Waals surface area contributed by atoms with Gasteiger partial charge in [-0.2, -0.15) is 0 Å². The van der Waals surface area contributed by atoms with Gasteiger partial charge in [0.2, 0.25) is 5.79 Å². The van der Waals surface area contributed by atoms with Crippen LogP contribution in [0.5, 0.6) is 17.2 Å². The molecule has 0 unspecified atom stereocenters. The average molecular weight is 300 g/mol. The first-order chi connectivity index (χ1) is 10.5. The summed E-state index contributed by atoms with van der Waals surface area (Å²) in [5.41, 5.74) is 1.02. The molecule has 2 N–H and O–H groups in total. The summed E-state index contributed by atoms with van der Waals surface area (Å²) in [5, 5.41) is 20.9. The molecule has 0 spiro atoms. The number of carbonyl (C=O) groups excluding carboxylic acids is 1. The molecule has 1 atom stereocenters. The summed E-state index contributed by atoms with van der Waals surface area (Å²) in [6, 6.07) is 10.2. The SMILES string of the molecule is COc1cc2c(c(O)c1C)C(=O)C[C@](O)(c1ccccc1)O2. The van der Waals surface area contributed by atoms with E-state index in [0.29, 0.717) is 16.9 Å². The number of benzene rings is 2. The van der Waals surface area contributed by atoms with Crippen molar-refractivity contribution in [2.24, 2.45) is 0 Å². The molecule has 114 valence electrons. The highest BCUT2D eigenvalue weighted by Gasteiger charge is 2.42. The maximum absolute atomic E-state index is 12.4. The Morgan fingerprint density at radius 2 is 1.95 bits per heavy atom. The van der Waals surface area contributed by atoms with Crippen LogP contribution in [-0.2, 0) is 5.79 Å². The van der Waals surface area contributed by atoms with Crippen molar-refractivity contribution in [1.82, 2.24) is 0 Å². The van der Waals surface area contributed by atoms with Crippen molar-refractivity contribution in [2.75, 3.05) is 7.11 Å². The van der Waals surface area contributed by atoms with Gasteiger partial charge in [0.15, 0.2) is 5.78 Å². The maximum atomic E-state index is 12.4. The number of hydrogen-bond acceptors (Lipinski definition) is 5. The predicted octanol–water partition coefficient (Wildman–Crippen LogP) is 2.52. The third-order valence-electron chi connectivity index (χ3n) is 3.87. The normalized spacial score (nSPS) is 20.2. The largest absolute Gasteiger partial charge is 0.507 e. The number of aromatic hydroxyl groups is 1. The van der Waals surface area contributed by atoms with Crippen LogP contribution in [0.3, 0.4) is 0 Å². The molecule has 0 saturated heterocycles. The van der Waals surface area contributed by atoms with Gasteiger partial charge in [-0.05, 0) is 6.92 Å². The van der Waals surface area contributed by atoms with Crippen LogP contribution in [0.15, 0.2) is 36.4 Å². The van der Waals surface area contributed by atoms with Crippen LogP contribution >= 0.6 is 0 Å². The summed E-state index contributed by atoms with van der Waals surface area (Å²) >= 11 is 0. The lowest BCUT2D eigenvalue weighted by molar-refractivity contribution is -0.147. The molecule has 22 heavy (non-hydrogen) atoms. The number of ketones is 1. The highest BCUT2D eigenvalue weighted by atomic mass is 16.6. The lowest BCUT2D eigenvalue weighted by Gasteiger charge is -2.34. The third kappa shape index (κ3) is 2.10. The maximum Gasteiger partial charge on any atom is 0.242 e. The molecule has 5 heteroatoms. The van der Waals surface area contributed by atoms with Gasteiger partial charge in [-0.25, -0.2) is 0 Å². The lowest BCUT2D eigenvalue weighted by atomic mass is 9.91. The Morgan fingerprint density at radius 1 is 1.27 bits per heavy atom. The van der Waals surface area contributed by atoms with E-state index in [2.05, 4.69) is 0 Å². The Labute approximate surface area is 127 Å². The number of hydrogen-bond donors (Lipinski definition) is 2. The lowest BCUT2D eigenvalue weighted by Crippen LogP contribution is -2.39. The first kappa shape index (κ1) is 14.4. The number of ether oxygens (including phenoxy) is 2. The summed E-state index contributed by atoms with van der Waals surface area (Å²) in [6.45, 7) is 1.65. The van der Waals surface area contributed by atoms with Gasteiger partial charge in [0.25, 0.3) is 0 Å². The highest BCUT2D eigenvalue weighted by molar-refractivity contribution is 6.03. The first-order valence-electron chi connectivity index (χ1n) is 6.87. The van der Waals surface area contributed by atoms with Gasteiger partial charge >= 0.3 is 0 Å². The van der Waals surface area contributed by atoms with Crippen LogP contribution in [0.25, 0.3) is 0 Å². The fourth-order valence-electron chi connectivity index (χ4n) is 2.67. The standard InChI is InChI=1S/C17H16O5/c1-10-13(21-2)8-14-15(16(10)19)12(18)9-17(20,22-14)11-6-4-3-5-7-11/h3-8,19-20H,9H2,1-2H3/t17-/m1/s1. The summed E-state index contributed by atoms with van der Waals surface area (Å²) in [4.78, 5) is 12.4. The summed E-state index contributed by atoms with van der Waals surface area (Å²) in [5.74, 6) is -1.80. The molecule has 0 aliphatic carbocycles. The van der Waals surface area contributed by atoms with E-state index in [1.807, 2.05) is 6.07 Å². The van der Waals surface area contributed by atoms with Crippen LogP contribution < -0.4 is 9.47 Å². The van der Waals surface area contributed by atoms with Gasteiger partial charge in [0.1, 0.15) is 22.8 Å². The van der Waals surface area contributed by atoms with Crippen molar-refractivity contribution in [3.63, 3.8) is 0 Å². The van der Waals surface area contributed by atoms with E-state index in [1.54, 1.807) is 31.2 Å². The number of methoxy groups -OCH3 is 1. The van der Waals surface area contributed by atoms with Gasteiger partial charge in [-0.3, -0.25) is 4.79 Å². The number of phenols is 1. The van der Waals surface area contributed by atoms with E-state index in [-0.39, 0.29) is 29.3 Å². The fourth-order valence-corrected chi connectivity index (χ4v) is 2.67. The minimum absolute atomic E-state index is 0.0823. The van der Waals surface area contributed by atoms with Crippen LogP contribution in [0, 0.1) is 6.92 Å². The highest BCUT2D eigenvalue weighted by Crippen LogP contribution is 2.45. The number of carbonyl (C=O) groups is 1. The van der Waals surface area contributed by atoms with Crippen molar-refractivity contribution in [2.45, 2.75) is 19.1 Å². The van der Waals surface area contributed by atoms with Crippen molar-refractivity contribution in [3.05, 3.63) is 53.1 Å². The zero-order chi connectivity index (χ0) is 15.9. The van der Waals surface area contributed by atoms with Gasteiger partial charge in [0.05, 0.1) is 13.5 Å². The summed E-state index contributed by atoms with van der Waals surface area (Å²) < 4.78 is 10.8. The number of rotatable bonds is 2. The van der Waals surface area contributed by atoms with Gasteiger partial charge in [-0.15, -0.1) is 0 Å². The van der Waals surface area contributed by atoms with E-state index in [0.717, 1.165) is 0 Å². The van der Waals surface area contributed by atoms with Crippen molar-refractivity contribution >= 4 is 5.78 Å². The quantitative estimate of drug-likeness (QED) is 0.891. The van der Waals surface area contributed by atoms with Crippen molar-refractivity contribution < 1.29 is 24.5 Å². The second kappa shape index (κ2) is 5.03. The second-order valence-corrected chi connectivity index (χ2v) is 5.28. The summed E-state index contributed by atoms with van der Waals surface area (Å²) in [7, 11) is 1.46. The molecular weight excluding hydrogens is 284 g/mol. The van der Waals surface area contributed by atoms with E-state index in [4.69, 9.17) is 9.47 Å². The predicted molar refractivity (Wildman–Crippen MR) is 79.3 cm³/mol. The molecule has 0 bridgehead atoms. The Kier molecular flexibility index (Phi) is 3.30. The Hall–Kier alpha value is -2.53. The van der Waals surface area contributed by atoms with E-state index in [1.165, 1.54) is 13.2 Å². The Bertz CT molecular complexity index is 738. The number of phenolic OH excluding ortho intramolecular Hbond substituents is 1. The minimum Gasteiger partial charge on any atom is -0.507 e. The molecule has 0 fully saturated rings. The van der Waals surface area contributed by atoms with E-state index < -0.39 is 5.79 Å². The molecule has 0 aromatic heterocycles. The van der Waals surface area contributed by atoms with Gasteiger partial charge < -0.3 is 19.7 Å². The number of Topliss-reactive ketones (excluding diaryl/α,β-unsaturated/α-hetero) is 1. The van der Waals surface area contributed by atoms with Gasteiger partial charge in [0, 0.05) is 17.2 Å². The molecule has 5 nitrogen and oxygen atoms in total. The van der Waals surface area contributed by atoms with Crippen LogP contribution in [0.4, 0.5) is 0 Å². The average Bonchev–Trinajstić information content (AvgIpc) is 2.51.